The predicted octanol–water partition coefficient (Wildman–Crippen LogP) is 2.07. The van der Waals surface area contributed by atoms with E-state index in [1.165, 1.54) is 0 Å². The van der Waals surface area contributed by atoms with Gasteiger partial charge in [0.15, 0.2) is 0 Å². The molecule has 0 spiro atoms. The predicted molar refractivity (Wildman–Crippen MR) is 85.8 cm³/mol. The van der Waals surface area contributed by atoms with Gasteiger partial charge in [0.05, 0.1) is 5.69 Å². The van der Waals surface area contributed by atoms with Gasteiger partial charge in [-0.1, -0.05) is 19.9 Å². The van der Waals surface area contributed by atoms with Crippen LogP contribution < -0.4 is 5.73 Å². The Labute approximate surface area is 130 Å². The number of nitrogens with zero attached hydrogens (tertiary/aromatic N) is 3. The third-order valence-corrected chi connectivity index (χ3v) is 4.46. The first-order valence-corrected chi connectivity index (χ1v) is 7.62. The molecule has 2 heterocycles. The molecule has 5 nitrogen and oxygen atoms in total. The van der Waals surface area contributed by atoms with E-state index in [9.17, 15) is 4.79 Å². The van der Waals surface area contributed by atoms with Gasteiger partial charge in [-0.3, -0.25) is 4.79 Å². The molecule has 1 unspecified atom stereocenters. The number of aromatic nitrogens is 2. The lowest BCUT2D eigenvalue weighted by atomic mass is 9.79. The molecule has 116 valence electrons. The summed E-state index contributed by atoms with van der Waals surface area (Å²) in [6.07, 6.45) is 4.44. The fraction of sp³-hybridized carbons (Fsp3) is 0.412. The molecule has 1 aromatic heterocycles. The number of rotatable bonds is 2. The summed E-state index contributed by atoms with van der Waals surface area (Å²) in [6.45, 7) is 5.66. The van der Waals surface area contributed by atoms with Crippen LogP contribution in [0.5, 0.6) is 0 Å². The Bertz CT molecular complexity index is 663. The lowest BCUT2D eigenvalue weighted by Gasteiger charge is -2.42. The molecule has 2 aromatic rings. The zero-order valence-electron chi connectivity index (χ0n) is 13.1. The minimum atomic E-state index is -0.0481. The summed E-state index contributed by atoms with van der Waals surface area (Å²) >= 11 is 0. The van der Waals surface area contributed by atoms with Crippen molar-refractivity contribution in [2.75, 3.05) is 13.1 Å². The number of nitrogens with two attached hydrogens (primary N) is 1. The van der Waals surface area contributed by atoms with Gasteiger partial charge in [0.1, 0.15) is 0 Å². The van der Waals surface area contributed by atoms with Gasteiger partial charge in [-0.05, 0) is 36.1 Å². The second-order valence-electron chi connectivity index (χ2n) is 6.61. The van der Waals surface area contributed by atoms with E-state index in [-0.39, 0.29) is 17.4 Å². The average Bonchev–Trinajstić information content (AvgIpc) is 3.04. The van der Waals surface area contributed by atoms with Gasteiger partial charge in [-0.25, -0.2) is 4.68 Å². The molecule has 0 radical (unpaired) electrons. The molecule has 0 bridgehead atoms. The van der Waals surface area contributed by atoms with E-state index in [1.54, 1.807) is 10.9 Å². The Morgan fingerprint density at radius 1 is 1.36 bits per heavy atom. The first-order chi connectivity index (χ1) is 10.5. The molecule has 0 aliphatic carbocycles. The lowest BCUT2D eigenvalue weighted by molar-refractivity contribution is 0.0533. The van der Waals surface area contributed by atoms with Crippen LogP contribution in [0.25, 0.3) is 5.69 Å². The topological polar surface area (TPSA) is 64.2 Å². The van der Waals surface area contributed by atoms with Crippen LogP contribution in [-0.4, -0.2) is 39.7 Å². The van der Waals surface area contributed by atoms with Crippen molar-refractivity contribution in [1.82, 2.24) is 14.7 Å². The highest BCUT2D eigenvalue weighted by atomic mass is 16.2. The molecule has 1 aromatic carbocycles. The fourth-order valence-corrected chi connectivity index (χ4v) is 2.93. The third-order valence-electron chi connectivity index (χ3n) is 4.46. The number of hydrogen-bond acceptors (Lipinski definition) is 3. The van der Waals surface area contributed by atoms with Crippen LogP contribution in [0, 0.1) is 5.41 Å². The Morgan fingerprint density at radius 2 is 2.18 bits per heavy atom. The van der Waals surface area contributed by atoms with E-state index in [4.69, 9.17) is 5.73 Å². The van der Waals surface area contributed by atoms with Crippen molar-refractivity contribution in [2.24, 2.45) is 11.1 Å². The molecule has 1 amide bonds. The van der Waals surface area contributed by atoms with Gasteiger partial charge in [0.2, 0.25) is 0 Å². The van der Waals surface area contributed by atoms with Crippen molar-refractivity contribution in [2.45, 2.75) is 26.3 Å². The zero-order chi connectivity index (χ0) is 15.7. The van der Waals surface area contributed by atoms with Gasteiger partial charge in [0.25, 0.3) is 5.91 Å². The number of likely N-dealkylation sites (tertiary alicyclic amines) is 1. The molecular weight excluding hydrogens is 276 g/mol. The molecule has 0 saturated carbocycles. The monoisotopic (exact) mass is 298 g/mol. The van der Waals surface area contributed by atoms with E-state index in [1.807, 2.05) is 41.4 Å². The fourth-order valence-electron chi connectivity index (χ4n) is 2.93. The van der Waals surface area contributed by atoms with Gasteiger partial charge in [-0.2, -0.15) is 5.10 Å². The standard InChI is InChI=1S/C17H22N4O/c1-17(2)12-20(10-7-15(17)18)16(22)13-5-3-6-14(11-13)21-9-4-8-19-21/h3-6,8-9,11,15H,7,10,12,18H2,1-2H3. The molecule has 1 fully saturated rings. The van der Waals surface area contributed by atoms with Crippen LogP contribution in [-0.2, 0) is 0 Å². The Morgan fingerprint density at radius 3 is 2.86 bits per heavy atom. The molecule has 22 heavy (non-hydrogen) atoms. The summed E-state index contributed by atoms with van der Waals surface area (Å²) in [7, 11) is 0. The number of piperidine rings is 1. The van der Waals surface area contributed by atoms with Crippen LogP contribution in [0.15, 0.2) is 42.7 Å². The molecule has 2 N–H and O–H groups in total. The van der Waals surface area contributed by atoms with Crippen LogP contribution >= 0.6 is 0 Å². The highest BCUT2D eigenvalue weighted by Gasteiger charge is 2.35. The number of amides is 1. The summed E-state index contributed by atoms with van der Waals surface area (Å²) in [5, 5.41) is 4.21. The molecule has 5 heteroatoms. The summed E-state index contributed by atoms with van der Waals surface area (Å²) in [5.41, 5.74) is 7.69. The van der Waals surface area contributed by atoms with E-state index >= 15 is 0 Å². The van der Waals surface area contributed by atoms with E-state index in [2.05, 4.69) is 18.9 Å². The summed E-state index contributed by atoms with van der Waals surface area (Å²) in [6, 6.07) is 9.59. The number of benzene rings is 1. The zero-order valence-corrected chi connectivity index (χ0v) is 13.1. The Kier molecular flexibility index (Phi) is 3.74. The maximum absolute atomic E-state index is 12.8. The quantitative estimate of drug-likeness (QED) is 0.923. The Hall–Kier alpha value is -2.14. The average molecular weight is 298 g/mol. The van der Waals surface area contributed by atoms with Crippen LogP contribution in [0.3, 0.4) is 0 Å². The van der Waals surface area contributed by atoms with Gasteiger partial charge >= 0.3 is 0 Å². The number of carbonyl (C=O) groups is 1. The maximum atomic E-state index is 12.8. The van der Waals surface area contributed by atoms with Crippen LogP contribution in [0.2, 0.25) is 0 Å². The molecule has 3 rings (SSSR count). The van der Waals surface area contributed by atoms with Crippen LogP contribution in [0.4, 0.5) is 0 Å². The van der Waals surface area contributed by atoms with Crippen molar-refractivity contribution >= 4 is 5.91 Å². The highest BCUT2D eigenvalue weighted by molar-refractivity contribution is 5.94. The molecule has 1 saturated heterocycles. The maximum Gasteiger partial charge on any atom is 0.253 e. The highest BCUT2D eigenvalue weighted by Crippen LogP contribution is 2.28. The molecule has 1 aliphatic rings. The minimum Gasteiger partial charge on any atom is -0.338 e. The first-order valence-electron chi connectivity index (χ1n) is 7.62. The van der Waals surface area contributed by atoms with E-state index in [0.29, 0.717) is 12.1 Å². The second-order valence-corrected chi connectivity index (χ2v) is 6.61. The van der Waals surface area contributed by atoms with Gasteiger partial charge in [0, 0.05) is 37.1 Å². The molecule has 1 aliphatic heterocycles. The molecular formula is C17H22N4O. The van der Waals surface area contributed by atoms with Crippen LogP contribution in [0.1, 0.15) is 30.6 Å². The van der Waals surface area contributed by atoms with Crippen molar-refractivity contribution in [3.63, 3.8) is 0 Å². The summed E-state index contributed by atoms with van der Waals surface area (Å²) in [4.78, 5) is 14.7. The summed E-state index contributed by atoms with van der Waals surface area (Å²) in [5.74, 6) is 0.0639. The van der Waals surface area contributed by atoms with Crippen molar-refractivity contribution in [3.8, 4) is 5.69 Å². The van der Waals surface area contributed by atoms with Gasteiger partial charge < -0.3 is 10.6 Å². The van der Waals surface area contributed by atoms with E-state index < -0.39 is 0 Å². The normalized spacial score (nSPS) is 20.9. The smallest absolute Gasteiger partial charge is 0.253 e. The first kappa shape index (κ1) is 14.8. The van der Waals surface area contributed by atoms with E-state index in [0.717, 1.165) is 18.7 Å². The van der Waals surface area contributed by atoms with Crippen molar-refractivity contribution in [3.05, 3.63) is 48.3 Å². The lowest BCUT2D eigenvalue weighted by Crippen LogP contribution is -2.54. The van der Waals surface area contributed by atoms with Crippen molar-refractivity contribution in [1.29, 1.82) is 0 Å². The second kappa shape index (κ2) is 5.57. The number of hydrogen-bond donors (Lipinski definition) is 1. The third kappa shape index (κ3) is 2.76. The SMILES string of the molecule is CC1(C)CN(C(=O)c2cccc(-n3cccn3)c2)CCC1N. The molecule has 1 atom stereocenters. The largest absolute Gasteiger partial charge is 0.338 e. The van der Waals surface area contributed by atoms with Crippen molar-refractivity contribution < 1.29 is 4.79 Å². The minimum absolute atomic E-state index is 0.0481. The Balaban J connectivity index is 1.82. The summed E-state index contributed by atoms with van der Waals surface area (Å²) < 4.78 is 1.76. The van der Waals surface area contributed by atoms with Gasteiger partial charge in [-0.15, -0.1) is 0 Å². The number of carbonyl (C=O) groups excluding carboxylic acids is 1.